The van der Waals surface area contributed by atoms with E-state index in [0.717, 1.165) is 37.7 Å². The van der Waals surface area contributed by atoms with Gasteiger partial charge in [0.15, 0.2) is 5.96 Å². The molecule has 2 N–H and O–H groups in total. The quantitative estimate of drug-likeness (QED) is 0.636. The van der Waals surface area contributed by atoms with Crippen LogP contribution in [0.15, 0.2) is 35.5 Å². The molecule has 0 aliphatic rings. The first-order valence-electron chi connectivity index (χ1n) is 7.66. The zero-order valence-corrected chi connectivity index (χ0v) is 14.3. The van der Waals surface area contributed by atoms with Crippen LogP contribution in [0.1, 0.15) is 27.9 Å². The predicted octanol–water partition coefficient (Wildman–Crippen LogP) is 3.06. The summed E-state index contributed by atoms with van der Waals surface area (Å²) in [6.07, 6.45) is 2.88. The van der Waals surface area contributed by atoms with Crippen LogP contribution in [0.25, 0.3) is 0 Å². The summed E-state index contributed by atoms with van der Waals surface area (Å²) in [5.74, 6) is 0.869. The van der Waals surface area contributed by atoms with Gasteiger partial charge in [0.1, 0.15) is 0 Å². The standard InChI is InChI=1S/C17H24N4S/c1-4-18-17(21-12-16-8-6-14(3)22-16)19-10-9-15-7-5-13(2)20-11-15/h5-8,11H,4,9-10,12H2,1-3H3,(H2,18,19,21). The molecule has 0 unspecified atom stereocenters. The first kappa shape index (κ1) is 16.5. The van der Waals surface area contributed by atoms with Crippen molar-refractivity contribution in [3.63, 3.8) is 0 Å². The lowest BCUT2D eigenvalue weighted by Crippen LogP contribution is -2.38. The van der Waals surface area contributed by atoms with Gasteiger partial charge in [-0.15, -0.1) is 11.3 Å². The fraction of sp³-hybridized carbons (Fsp3) is 0.412. The first-order valence-corrected chi connectivity index (χ1v) is 8.48. The number of hydrogen-bond donors (Lipinski definition) is 2. The van der Waals surface area contributed by atoms with E-state index >= 15 is 0 Å². The van der Waals surface area contributed by atoms with Crippen LogP contribution in [-0.4, -0.2) is 24.0 Å². The largest absolute Gasteiger partial charge is 0.357 e. The van der Waals surface area contributed by atoms with Crippen LogP contribution in [0.4, 0.5) is 0 Å². The lowest BCUT2D eigenvalue weighted by atomic mass is 10.2. The lowest BCUT2D eigenvalue weighted by Gasteiger charge is -2.11. The topological polar surface area (TPSA) is 49.3 Å². The molecule has 0 aliphatic carbocycles. The summed E-state index contributed by atoms with van der Waals surface area (Å²) in [5.41, 5.74) is 2.29. The van der Waals surface area contributed by atoms with Gasteiger partial charge in [0.05, 0.1) is 6.54 Å². The number of nitrogens with zero attached hydrogens (tertiary/aromatic N) is 2. The Kier molecular flexibility index (Phi) is 6.40. The number of aromatic nitrogens is 1. The monoisotopic (exact) mass is 316 g/mol. The smallest absolute Gasteiger partial charge is 0.191 e. The minimum Gasteiger partial charge on any atom is -0.357 e. The third kappa shape index (κ3) is 5.48. The van der Waals surface area contributed by atoms with Gasteiger partial charge in [-0.2, -0.15) is 0 Å². The van der Waals surface area contributed by atoms with E-state index in [4.69, 9.17) is 0 Å². The van der Waals surface area contributed by atoms with Gasteiger partial charge in [0.25, 0.3) is 0 Å². The maximum atomic E-state index is 4.63. The molecule has 0 aromatic carbocycles. The molecule has 22 heavy (non-hydrogen) atoms. The Morgan fingerprint density at radius 1 is 1.18 bits per heavy atom. The second-order valence-electron chi connectivity index (χ2n) is 5.19. The van der Waals surface area contributed by atoms with E-state index in [2.05, 4.69) is 52.7 Å². The summed E-state index contributed by atoms with van der Waals surface area (Å²) in [5, 5.41) is 6.66. The number of hydrogen-bond acceptors (Lipinski definition) is 3. The molecular weight excluding hydrogens is 292 g/mol. The van der Waals surface area contributed by atoms with E-state index in [0.29, 0.717) is 0 Å². The Morgan fingerprint density at radius 2 is 2.05 bits per heavy atom. The maximum absolute atomic E-state index is 4.63. The van der Waals surface area contributed by atoms with Gasteiger partial charge in [-0.3, -0.25) is 4.98 Å². The fourth-order valence-corrected chi connectivity index (χ4v) is 2.86. The number of guanidine groups is 1. The van der Waals surface area contributed by atoms with Crippen LogP contribution >= 0.6 is 11.3 Å². The summed E-state index contributed by atoms with van der Waals surface area (Å²) in [6, 6.07) is 8.46. The summed E-state index contributed by atoms with van der Waals surface area (Å²) in [4.78, 5) is 11.6. The van der Waals surface area contributed by atoms with Gasteiger partial charge < -0.3 is 10.6 Å². The number of thiophene rings is 1. The molecular formula is C17H24N4S. The summed E-state index contributed by atoms with van der Waals surface area (Å²) >= 11 is 1.80. The molecule has 0 fully saturated rings. The van der Waals surface area contributed by atoms with E-state index in [1.807, 2.05) is 19.2 Å². The SMILES string of the molecule is CCNC(=NCc1ccc(C)s1)NCCc1ccc(C)nc1. The Labute approximate surface area is 136 Å². The molecule has 2 heterocycles. The Balaban J connectivity index is 1.84. The average Bonchev–Trinajstić information content (AvgIpc) is 2.92. The van der Waals surface area contributed by atoms with Crippen molar-refractivity contribution in [3.05, 3.63) is 51.5 Å². The predicted molar refractivity (Wildman–Crippen MR) is 94.6 cm³/mol. The molecule has 4 nitrogen and oxygen atoms in total. The Morgan fingerprint density at radius 3 is 2.68 bits per heavy atom. The van der Waals surface area contributed by atoms with Crippen molar-refractivity contribution in [1.29, 1.82) is 0 Å². The molecule has 0 saturated carbocycles. The molecule has 0 aliphatic heterocycles. The maximum Gasteiger partial charge on any atom is 0.191 e. The second kappa shape index (κ2) is 8.54. The highest BCUT2D eigenvalue weighted by atomic mass is 32.1. The van der Waals surface area contributed by atoms with Crippen LogP contribution in [0.5, 0.6) is 0 Å². The van der Waals surface area contributed by atoms with Crippen LogP contribution in [-0.2, 0) is 13.0 Å². The molecule has 2 rings (SSSR count). The molecule has 2 aromatic rings. The second-order valence-corrected chi connectivity index (χ2v) is 6.56. The zero-order valence-electron chi connectivity index (χ0n) is 13.5. The van der Waals surface area contributed by atoms with Crippen LogP contribution in [0, 0.1) is 13.8 Å². The van der Waals surface area contributed by atoms with Gasteiger partial charge in [0.2, 0.25) is 0 Å². The van der Waals surface area contributed by atoms with Crippen molar-refractivity contribution in [3.8, 4) is 0 Å². The Bertz CT molecular complexity index is 601. The average molecular weight is 316 g/mol. The highest BCUT2D eigenvalue weighted by molar-refractivity contribution is 7.11. The minimum absolute atomic E-state index is 0.722. The van der Waals surface area contributed by atoms with Crippen LogP contribution < -0.4 is 10.6 Å². The molecule has 0 radical (unpaired) electrons. The van der Waals surface area contributed by atoms with Crippen molar-refractivity contribution in [2.24, 2.45) is 4.99 Å². The van der Waals surface area contributed by atoms with Crippen molar-refractivity contribution in [2.75, 3.05) is 13.1 Å². The van der Waals surface area contributed by atoms with E-state index < -0.39 is 0 Å². The van der Waals surface area contributed by atoms with Gasteiger partial charge in [-0.05, 0) is 51.0 Å². The summed E-state index contributed by atoms with van der Waals surface area (Å²) in [6.45, 7) is 8.64. The normalized spacial score (nSPS) is 11.5. The molecule has 2 aromatic heterocycles. The highest BCUT2D eigenvalue weighted by Gasteiger charge is 2.00. The number of aliphatic imine (C=N–C) groups is 1. The van der Waals surface area contributed by atoms with Crippen LogP contribution in [0.2, 0.25) is 0 Å². The molecule has 0 amide bonds. The van der Waals surface area contributed by atoms with Gasteiger partial charge in [0, 0.05) is 34.7 Å². The van der Waals surface area contributed by atoms with Gasteiger partial charge in [-0.1, -0.05) is 6.07 Å². The molecule has 5 heteroatoms. The third-order valence-corrected chi connectivity index (χ3v) is 4.20. The van der Waals surface area contributed by atoms with Gasteiger partial charge in [-0.25, -0.2) is 4.99 Å². The van der Waals surface area contributed by atoms with Crippen LogP contribution in [0.3, 0.4) is 0 Å². The van der Waals surface area contributed by atoms with Crippen molar-refractivity contribution in [2.45, 2.75) is 33.7 Å². The molecule has 0 spiro atoms. The van der Waals surface area contributed by atoms with E-state index in [1.165, 1.54) is 15.3 Å². The van der Waals surface area contributed by atoms with Crippen molar-refractivity contribution >= 4 is 17.3 Å². The zero-order chi connectivity index (χ0) is 15.8. The summed E-state index contributed by atoms with van der Waals surface area (Å²) < 4.78 is 0. The van der Waals surface area contributed by atoms with E-state index in [9.17, 15) is 0 Å². The fourth-order valence-electron chi connectivity index (χ4n) is 2.04. The number of nitrogens with one attached hydrogen (secondary N) is 2. The number of aryl methyl sites for hydroxylation is 2. The van der Waals surface area contributed by atoms with Gasteiger partial charge >= 0.3 is 0 Å². The highest BCUT2D eigenvalue weighted by Crippen LogP contribution is 2.15. The number of rotatable bonds is 6. The first-order chi connectivity index (χ1) is 10.7. The lowest BCUT2D eigenvalue weighted by molar-refractivity contribution is 0.798. The minimum atomic E-state index is 0.722. The molecule has 0 atom stereocenters. The summed E-state index contributed by atoms with van der Waals surface area (Å²) in [7, 11) is 0. The number of pyridine rings is 1. The third-order valence-electron chi connectivity index (χ3n) is 3.21. The Hall–Kier alpha value is -1.88. The van der Waals surface area contributed by atoms with Crippen molar-refractivity contribution < 1.29 is 0 Å². The van der Waals surface area contributed by atoms with Crippen molar-refractivity contribution in [1.82, 2.24) is 15.6 Å². The van der Waals surface area contributed by atoms with E-state index in [-0.39, 0.29) is 0 Å². The molecule has 0 bridgehead atoms. The molecule has 118 valence electrons. The molecule has 0 saturated heterocycles. The van der Waals surface area contributed by atoms with E-state index in [1.54, 1.807) is 11.3 Å².